The molecule has 18 heavy (non-hydrogen) atoms. The fourth-order valence-corrected chi connectivity index (χ4v) is 3.03. The van der Waals surface area contributed by atoms with E-state index in [0.717, 1.165) is 27.2 Å². The van der Waals surface area contributed by atoms with Gasteiger partial charge in [-0.2, -0.15) is 0 Å². The highest BCUT2D eigenvalue weighted by molar-refractivity contribution is 9.09. The summed E-state index contributed by atoms with van der Waals surface area (Å²) >= 11 is 5.02. The highest BCUT2D eigenvalue weighted by atomic mass is 79.9. The number of hydrogen-bond acceptors (Lipinski definition) is 4. The quantitative estimate of drug-likeness (QED) is 0.479. The van der Waals surface area contributed by atoms with Gasteiger partial charge < -0.3 is 0 Å². The number of nitrogens with zero attached hydrogens (tertiary/aromatic N) is 2. The fraction of sp³-hybridized carbons (Fsp3) is 0.417. The van der Waals surface area contributed by atoms with Crippen molar-refractivity contribution < 1.29 is 4.92 Å². The van der Waals surface area contributed by atoms with Gasteiger partial charge in [0.15, 0.2) is 0 Å². The Morgan fingerprint density at radius 3 is 2.89 bits per heavy atom. The molecule has 2 aromatic rings. The molecule has 0 bridgehead atoms. The number of nitro groups is 1. The summed E-state index contributed by atoms with van der Waals surface area (Å²) in [6.45, 7) is 3.96. The van der Waals surface area contributed by atoms with E-state index in [9.17, 15) is 10.1 Å². The summed E-state index contributed by atoms with van der Waals surface area (Å²) in [7, 11) is 0. The van der Waals surface area contributed by atoms with Crippen LogP contribution in [0.2, 0.25) is 0 Å². The van der Waals surface area contributed by atoms with Crippen molar-refractivity contribution in [3.05, 3.63) is 32.8 Å². The van der Waals surface area contributed by atoms with Gasteiger partial charge in [0.2, 0.25) is 0 Å². The molecular formula is C12H13BrN2O2S. The Morgan fingerprint density at radius 1 is 1.56 bits per heavy atom. The third kappa shape index (κ3) is 2.70. The Labute approximate surface area is 117 Å². The lowest BCUT2D eigenvalue weighted by Crippen LogP contribution is -2.04. The maximum atomic E-state index is 11.1. The minimum atomic E-state index is -0.306. The summed E-state index contributed by atoms with van der Waals surface area (Å²) in [6.07, 6.45) is 1.59. The van der Waals surface area contributed by atoms with Crippen LogP contribution in [0.4, 0.5) is 5.69 Å². The number of thiazole rings is 1. The maximum absolute atomic E-state index is 11.1. The van der Waals surface area contributed by atoms with E-state index >= 15 is 0 Å². The van der Waals surface area contributed by atoms with Crippen molar-refractivity contribution >= 4 is 43.2 Å². The van der Waals surface area contributed by atoms with Crippen molar-refractivity contribution in [2.45, 2.75) is 31.5 Å². The molecule has 1 heterocycles. The van der Waals surface area contributed by atoms with Gasteiger partial charge >= 0.3 is 0 Å². The summed E-state index contributed by atoms with van der Waals surface area (Å²) < 4.78 is 0.880. The Morgan fingerprint density at radius 2 is 2.28 bits per heavy atom. The smallest absolute Gasteiger partial charge is 0.258 e. The van der Waals surface area contributed by atoms with Crippen LogP contribution in [0.1, 0.15) is 23.9 Å². The Balaban J connectivity index is 2.53. The van der Waals surface area contributed by atoms with E-state index in [-0.39, 0.29) is 15.4 Å². The molecule has 0 saturated heterocycles. The number of alkyl halides is 1. The normalized spacial score (nSPS) is 12.8. The molecule has 1 atom stereocenters. The number of aromatic nitrogens is 1. The van der Waals surface area contributed by atoms with Crippen LogP contribution >= 0.6 is 27.3 Å². The third-order valence-electron chi connectivity index (χ3n) is 2.78. The molecule has 0 spiro atoms. The van der Waals surface area contributed by atoms with Gasteiger partial charge in [-0.05, 0) is 25.8 Å². The number of benzene rings is 1. The molecule has 0 fully saturated rings. The maximum Gasteiger partial charge on any atom is 0.274 e. The van der Waals surface area contributed by atoms with Crippen LogP contribution < -0.4 is 0 Å². The van der Waals surface area contributed by atoms with Gasteiger partial charge in [0.1, 0.15) is 0 Å². The van der Waals surface area contributed by atoms with Gasteiger partial charge in [-0.25, -0.2) is 4.98 Å². The van der Waals surface area contributed by atoms with Crippen LogP contribution in [0.3, 0.4) is 0 Å². The van der Waals surface area contributed by atoms with E-state index in [4.69, 9.17) is 0 Å². The van der Waals surface area contributed by atoms with Crippen molar-refractivity contribution in [2.24, 2.45) is 0 Å². The second-order valence-corrected chi connectivity index (χ2v) is 6.68. The van der Waals surface area contributed by atoms with Crippen molar-refractivity contribution in [1.82, 2.24) is 4.98 Å². The number of nitro benzene ring substituents is 1. The van der Waals surface area contributed by atoms with Gasteiger partial charge in [-0.1, -0.05) is 22.9 Å². The number of rotatable bonds is 4. The van der Waals surface area contributed by atoms with Crippen molar-refractivity contribution in [2.75, 3.05) is 0 Å². The van der Waals surface area contributed by atoms with Crippen molar-refractivity contribution in [1.29, 1.82) is 0 Å². The minimum Gasteiger partial charge on any atom is -0.258 e. The van der Waals surface area contributed by atoms with Crippen LogP contribution in [-0.2, 0) is 6.42 Å². The van der Waals surface area contributed by atoms with Gasteiger partial charge in [0.05, 0.1) is 20.1 Å². The van der Waals surface area contributed by atoms with Crippen LogP contribution in [0.15, 0.2) is 12.1 Å². The summed E-state index contributed by atoms with van der Waals surface area (Å²) in [5.74, 6) is 0. The lowest BCUT2D eigenvalue weighted by atomic mass is 10.1. The first kappa shape index (κ1) is 13.4. The molecule has 0 aliphatic heterocycles. The lowest BCUT2D eigenvalue weighted by Gasteiger charge is -2.07. The van der Waals surface area contributed by atoms with E-state index in [1.165, 1.54) is 11.3 Å². The molecule has 1 aromatic heterocycles. The molecule has 6 heteroatoms. The topological polar surface area (TPSA) is 56.0 Å². The van der Waals surface area contributed by atoms with E-state index in [2.05, 4.69) is 27.8 Å². The monoisotopic (exact) mass is 328 g/mol. The molecule has 0 aliphatic carbocycles. The molecule has 4 nitrogen and oxygen atoms in total. The minimum absolute atomic E-state index is 0.198. The number of hydrogen-bond donors (Lipinski definition) is 0. The molecule has 0 amide bonds. The average Bonchev–Trinajstić information content (AvgIpc) is 2.66. The molecule has 0 radical (unpaired) electrons. The highest BCUT2D eigenvalue weighted by Gasteiger charge is 2.18. The van der Waals surface area contributed by atoms with Gasteiger partial charge in [0, 0.05) is 16.5 Å². The molecular weight excluding hydrogens is 316 g/mol. The third-order valence-corrected chi connectivity index (χ3v) is 4.68. The molecule has 0 aliphatic rings. The van der Waals surface area contributed by atoms with Crippen LogP contribution in [-0.4, -0.2) is 14.7 Å². The average molecular weight is 329 g/mol. The van der Waals surface area contributed by atoms with Crippen molar-refractivity contribution in [3.8, 4) is 0 Å². The first-order valence-electron chi connectivity index (χ1n) is 5.69. The van der Waals surface area contributed by atoms with Crippen molar-refractivity contribution in [3.63, 3.8) is 0 Å². The second-order valence-electron chi connectivity index (χ2n) is 4.15. The molecule has 96 valence electrons. The number of aryl methyl sites for hydroxylation is 1. The Bertz CT molecular complexity index is 597. The van der Waals surface area contributed by atoms with Crippen LogP contribution in [0.5, 0.6) is 0 Å². The molecule has 0 N–H and O–H groups in total. The first-order valence-corrected chi connectivity index (χ1v) is 7.43. The van der Waals surface area contributed by atoms with Gasteiger partial charge in [-0.3, -0.25) is 10.1 Å². The zero-order valence-corrected chi connectivity index (χ0v) is 12.5. The predicted molar refractivity (Wildman–Crippen MR) is 77.7 cm³/mol. The summed E-state index contributed by atoms with van der Waals surface area (Å²) in [5, 5.41) is 12.0. The van der Waals surface area contributed by atoms with Gasteiger partial charge in [-0.15, -0.1) is 11.3 Å². The molecule has 1 aromatic carbocycles. The first-order chi connectivity index (χ1) is 8.51. The largest absolute Gasteiger partial charge is 0.274 e. The number of fused-ring (bicyclic) bond motifs is 1. The predicted octanol–water partition coefficient (Wildman–Crippen LogP) is 4.23. The van der Waals surface area contributed by atoms with Gasteiger partial charge in [0.25, 0.3) is 5.69 Å². The molecule has 2 rings (SSSR count). The van der Waals surface area contributed by atoms with Crippen LogP contribution in [0.25, 0.3) is 10.2 Å². The lowest BCUT2D eigenvalue weighted by molar-refractivity contribution is -0.385. The Hall–Kier alpha value is -1.01. The highest BCUT2D eigenvalue weighted by Crippen LogP contribution is 2.31. The fourth-order valence-electron chi connectivity index (χ4n) is 1.84. The molecule has 1 unspecified atom stereocenters. The van der Waals surface area contributed by atoms with E-state index in [1.54, 1.807) is 6.07 Å². The van der Waals surface area contributed by atoms with E-state index in [1.807, 2.05) is 13.0 Å². The van der Waals surface area contributed by atoms with E-state index < -0.39 is 0 Å². The molecule has 0 saturated carbocycles. The zero-order valence-electron chi connectivity index (χ0n) is 10.1. The standard InChI is InChI=1S/C12H13BrN2O2S/c1-3-9(13)4-8-5-10-12(18-7(2)14-10)6-11(8)15(16)17/h5-6,9H,3-4H2,1-2H3. The summed E-state index contributed by atoms with van der Waals surface area (Å²) in [5.41, 5.74) is 1.81. The van der Waals surface area contributed by atoms with Crippen LogP contribution in [0, 0.1) is 17.0 Å². The number of halogens is 1. The van der Waals surface area contributed by atoms with E-state index in [0.29, 0.717) is 6.42 Å². The Kier molecular flexibility index (Phi) is 3.97. The second kappa shape index (κ2) is 5.32. The summed E-state index contributed by atoms with van der Waals surface area (Å²) in [6, 6.07) is 3.49. The summed E-state index contributed by atoms with van der Waals surface area (Å²) in [4.78, 5) is 15.5. The zero-order chi connectivity index (χ0) is 13.3. The SMILES string of the molecule is CCC(Br)Cc1cc2nc(C)sc2cc1[N+](=O)[O-].